The van der Waals surface area contributed by atoms with Gasteiger partial charge in [0.1, 0.15) is 0 Å². The van der Waals surface area contributed by atoms with Crippen molar-refractivity contribution in [3.05, 3.63) is 96.1 Å². The Labute approximate surface area is 419 Å². The van der Waals surface area contributed by atoms with Crippen LogP contribution in [0.5, 0.6) is 0 Å². The zero-order chi connectivity index (χ0) is 41.7. The fourth-order valence-corrected chi connectivity index (χ4v) is 12.9. The first-order chi connectivity index (χ1) is 27.1. The molecular weight excluding hydrogens is 905 g/mol. The molecule has 0 aliphatic heterocycles. The molecule has 2 heterocycles. The summed E-state index contributed by atoms with van der Waals surface area (Å²) in [6.07, 6.45) is 3.01. The molecule has 0 fully saturated rings. The second kappa shape index (κ2) is 17.2. The van der Waals surface area contributed by atoms with Gasteiger partial charge in [-0.3, -0.25) is 0 Å². The standard InChI is InChI=1S/C34H20N6O12S4.4Na/c41-53(42,43)29-5-1-3-23-21(29)11-13-25-33(23)37-39(35-25)27-15-9-19(17-31(27)55(47,48)49)7-8-20-10-16-28(32(18-20)56(50,51)52)40-36-26-14-12-22-24(34(26)38-40)4-2-6-30(22)54(44,45)46;;;;/h1-16H,(H,41,42,43)(H,44,45,46)(H,47,48,49)(H,50,51,52);;;;/q;;;2*+1/p-2. The predicted molar refractivity (Wildman–Crippen MR) is 208 cm³/mol. The SMILES string of the molecule is O=S(=O)([O-])c1cccc2c1ccc1nn(-c3ccc(C=Cc4ccc(-n5nc6ccc7c(S(=O)(=O)[O-])cccc7c6n5)c(S(=O)(=O)O)[c]4[Na])[c]([Na])c3S(=O)(=O)O)nc12.[Na+].[Na+]. The Morgan fingerprint density at radius 3 is 1.20 bits per heavy atom. The Hall–Kier alpha value is -1.98. The van der Waals surface area contributed by atoms with Gasteiger partial charge in [-0.25, -0.2) is 0 Å². The van der Waals surface area contributed by atoms with Gasteiger partial charge in [0.2, 0.25) is 0 Å². The van der Waals surface area contributed by atoms with E-state index in [4.69, 9.17) is 0 Å². The van der Waals surface area contributed by atoms with E-state index in [-0.39, 0.29) is 176 Å². The van der Waals surface area contributed by atoms with Crippen molar-refractivity contribution < 1.29 is 111 Å². The molecule has 0 aliphatic rings. The van der Waals surface area contributed by atoms with E-state index >= 15 is 0 Å². The number of hydrogen-bond acceptors (Lipinski definition) is 14. The minimum atomic E-state index is -4.92. The van der Waals surface area contributed by atoms with Crippen LogP contribution in [-0.4, -0.2) is 138 Å². The third-order valence-corrected chi connectivity index (χ3v) is 16.3. The summed E-state index contributed by atoms with van der Waals surface area (Å²) in [6, 6.07) is 19.5. The van der Waals surface area contributed by atoms with Crippen LogP contribution in [0.1, 0.15) is 11.1 Å². The van der Waals surface area contributed by atoms with Gasteiger partial charge in [-0.15, -0.1) is 0 Å². The van der Waals surface area contributed by atoms with Crippen LogP contribution in [-0.2, 0) is 40.5 Å². The molecule has 0 bridgehead atoms. The molecule has 0 saturated carbocycles. The van der Waals surface area contributed by atoms with E-state index < -0.39 is 60.1 Å². The maximum Gasteiger partial charge on any atom is 1.00 e. The molecule has 0 radical (unpaired) electrons. The molecule has 8 aromatic rings. The van der Waals surface area contributed by atoms with Crippen molar-refractivity contribution in [1.82, 2.24) is 30.0 Å². The Kier molecular flexibility index (Phi) is 13.6. The Morgan fingerprint density at radius 1 is 0.500 bits per heavy atom. The first-order valence-corrected chi connectivity index (χ1v) is 24.2. The summed E-state index contributed by atoms with van der Waals surface area (Å²) in [5.41, 5.74) is 1.22. The molecule has 6 aromatic carbocycles. The molecule has 284 valence electrons. The van der Waals surface area contributed by atoms with Crippen molar-refractivity contribution >= 4 is 158 Å². The normalized spacial score (nSPS) is 12.7. The summed E-state index contributed by atoms with van der Waals surface area (Å²) in [6.45, 7) is 0. The first-order valence-electron chi connectivity index (χ1n) is 16.5. The van der Waals surface area contributed by atoms with Crippen LogP contribution in [0.4, 0.5) is 0 Å². The topological polar surface area (TPSA) is 285 Å². The molecule has 2 N–H and O–H groups in total. The van der Waals surface area contributed by atoms with Gasteiger partial charge in [-0.2, -0.15) is 0 Å². The summed E-state index contributed by atoms with van der Waals surface area (Å²) < 4.78 is 144. The van der Waals surface area contributed by atoms with Crippen LogP contribution in [0.2, 0.25) is 0 Å². The van der Waals surface area contributed by atoms with Crippen molar-refractivity contribution in [2.24, 2.45) is 0 Å². The number of aromatic nitrogens is 6. The van der Waals surface area contributed by atoms with E-state index in [1.54, 1.807) is 0 Å². The van der Waals surface area contributed by atoms with Crippen LogP contribution in [0.3, 0.4) is 0 Å². The fourth-order valence-electron chi connectivity index (χ4n) is 6.96. The minimum absolute atomic E-state index is 0. The van der Waals surface area contributed by atoms with E-state index in [1.165, 1.54) is 84.9 Å². The smallest absolute Gasteiger partial charge is 1.00 e. The van der Waals surface area contributed by atoms with Gasteiger partial charge in [-0.1, -0.05) is 0 Å². The van der Waals surface area contributed by atoms with Crippen LogP contribution < -0.4 is 64.7 Å². The molecule has 2 aromatic heterocycles. The van der Waals surface area contributed by atoms with Gasteiger partial charge >= 0.3 is 426 Å². The molecule has 0 spiro atoms. The number of rotatable bonds is 8. The summed E-state index contributed by atoms with van der Waals surface area (Å²) in [4.78, 5) is 0.0243. The molecular formula is C34H18N6Na4O12S4. The minimum Gasteiger partial charge on any atom is 1.00 e. The number of hydrogen-bond donors (Lipinski definition) is 2. The Balaban J connectivity index is 0.00000302. The molecule has 26 heteroatoms. The maximum atomic E-state index is 12.9. The van der Waals surface area contributed by atoms with Gasteiger partial charge in [0.05, 0.1) is 0 Å². The maximum absolute atomic E-state index is 12.9. The van der Waals surface area contributed by atoms with Crippen LogP contribution in [0.25, 0.3) is 67.1 Å². The average Bonchev–Trinajstić information content (AvgIpc) is 3.78. The van der Waals surface area contributed by atoms with Crippen molar-refractivity contribution in [1.29, 1.82) is 0 Å². The van der Waals surface area contributed by atoms with Gasteiger partial charge in [0.15, 0.2) is 0 Å². The largest absolute Gasteiger partial charge is 1.00 e. The van der Waals surface area contributed by atoms with Crippen molar-refractivity contribution in [3.8, 4) is 11.4 Å². The molecule has 0 unspecified atom stereocenters. The van der Waals surface area contributed by atoms with Gasteiger partial charge < -0.3 is 0 Å². The molecule has 0 atom stereocenters. The summed E-state index contributed by atoms with van der Waals surface area (Å²) in [5.74, 6) is 0. The van der Waals surface area contributed by atoms with E-state index in [0.29, 0.717) is 11.1 Å². The van der Waals surface area contributed by atoms with Gasteiger partial charge in [0.25, 0.3) is 0 Å². The van der Waals surface area contributed by atoms with E-state index in [9.17, 15) is 51.9 Å². The third kappa shape index (κ3) is 8.77. The number of benzene rings is 6. The Bertz CT molecular complexity index is 3380. The monoisotopic (exact) mass is 922 g/mol. The van der Waals surface area contributed by atoms with Crippen molar-refractivity contribution in [3.63, 3.8) is 0 Å². The van der Waals surface area contributed by atoms with Crippen molar-refractivity contribution in [2.45, 2.75) is 19.6 Å². The fraction of sp³-hybridized carbons (Fsp3) is 0. The summed E-state index contributed by atoms with van der Waals surface area (Å²) in [5, 5.41) is 18.2. The molecule has 0 aliphatic carbocycles. The van der Waals surface area contributed by atoms with E-state index in [1.807, 2.05) is 0 Å². The zero-order valence-electron chi connectivity index (χ0n) is 31.5. The molecule has 0 saturated heterocycles. The van der Waals surface area contributed by atoms with Crippen LogP contribution in [0.15, 0.2) is 105 Å². The van der Waals surface area contributed by atoms with Crippen LogP contribution >= 0.6 is 0 Å². The van der Waals surface area contributed by atoms with Crippen molar-refractivity contribution in [2.75, 3.05) is 0 Å². The molecule has 18 nitrogen and oxygen atoms in total. The zero-order valence-corrected chi connectivity index (χ0v) is 42.8. The number of fused-ring (bicyclic) bond motifs is 6. The average molecular weight is 923 g/mol. The van der Waals surface area contributed by atoms with Gasteiger partial charge in [-0.05, 0) is 0 Å². The first kappa shape index (κ1) is 47.5. The van der Waals surface area contributed by atoms with Gasteiger partial charge in [0, 0.05) is 0 Å². The van der Waals surface area contributed by atoms with Crippen LogP contribution in [0, 0.1) is 0 Å². The van der Waals surface area contributed by atoms with E-state index in [2.05, 4.69) is 20.4 Å². The second-order valence-corrected chi connectivity index (χ2v) is 20.4. The Morgan fingerprint density at radius 2 is 0.867 bits per heavy atom. The predicted octanol–water partition coefficient (Wildman–Crippen LogP) is -4.47. The molecule has 60 heavy (non-hydrogen) atoms. The number of nitrogens with zero attached hydrogens (tertiary/aromatic N) is 6. The second-order valence-electron chi connectivity index (χ2n) is 13.0. The molecule has 0 amide bonds. The summed E-state index contributed by atoms with van der Waals surface area (Å²) in [7, 11) is -19.5. The quantitative estimate of drug-likeness (QED) is 0.0826. The molecule has 8 rings (SSSR count). The third-order valence-electron chi connectivity index (χ3n) is 9.52. The van der Waals surface area contributed by atoms with E-state index in [0.717, 1.165) is 21.7 Å². The summed E-state index contributed by atoms with van der Waals surface area (Å²) >= 11 is 0.108.